The first-order valence-corrected chi connectivity index (χ1v) is 11.4. The maximum Gasteiger partial charge on any atom is 0.291 e. The summed E-state index contributed by atoms with van der Waals surface area (Å²) in [5.74, 6) is 0.213. The molecule has 1 fully saturated rings. The van der Waals surface area contributed by atoms with E-state index in [1.54, 1.807) is 46.8 Å². The molecule has 4 heterocycles. The minimum atomic E-state index is -0.324. The Labute approximate surface area is 194 Å². The lowest BCUT2D eigenvalue weighted by Gasteiger charge is -2.34. The highest BCUT2D eigenvalue weighted by Gasteiger charge is 2.29. The lowest BCUT2D eigenvalue weighted by Crippen LogP contribution is -2.49. The predicted octanol–water partition coefficient (Wildman–Crippen LogP) is 3.90. The van der Waals surface area contributed by atoms with Crippen molar-refractivity contribution >= 4 is 51.8 Å². The Morgan fingerprint density at radius 2 is 1.79 bits per heavy atom. The molecule has 8 nitrogen and oxygen atoms in total. The number of carbonyl (C=O) groups is 2. The Bertz CT molecular complexity index is 1290. The van der Waals surface area contributed by atoms with Crippen molar-refractivity contribution in [2.24, 2.45) is 0 Å². The number of para-hydroxylation sites is 1. The van der Waals surface area contributed by atoms with Crippen LogP contribution in [-0.2, 0) is 4.79 Å². The van der Waals surface area contributed by atoms with Crippen molar-refractivity contribution in [1.29, 1.82) is 0 Å². The third-order valence-corrected chi connectivity index (χ3v) is 6.22. The second-order valence-corrected chi connectivity index (χ2v) is 8.45. The van der Waals surface area contributed by atoms with Crippen molar-refractivity contribution in [2.45, 2.75) is 0 Å². The number of carbonyl (C=O) groups excluding carboxylic acids is 2. The number of piperazine rings is 1. The van der Waals surface area contributed by atoms with Crippen molar-refractivity contribution < 1.29 is 14.0 Å². The summed E-state index contributed by atoms with van der Waals surface area (Å²) in [6.45, 7) is 2.22. The van der Waals surface area contributed by atoms with Crippen LogP contribution in [-0.4, -0.2) is 52.9 Å². The number of furan rings is 1. The zero-order valence-corrected chi connectivity index (χ0v) is 18.5. The smallest absolute Gasteiger partial charge is 0.291 e. The fourth-order valence-electron chi connectivity index (χ4n) is 3.74. The van der Waals surface area contributed by atoms with Crippen LogP contribution < -0.4 is 10.2 Å². The Morgan fingerprint density at radius 3 is 2.55 bits per heavy atom. The molecule has 0 atom stereocenters. The Morgan fingerprint density at radius 1 is 1.00 bits per heavy atom. The third kappa shape index (κ3) is 4.49. The molecule has 3 aromatic heterocycles. The molecule has 5 rings (SSSR count). The van der Waals surface area contributed by atoms with Gasteiger partial charge in [-0.3, -0.25) is 9.59 Å². The van der Waals surface area contributed by atoms with Gasteiger partial charge in [0.1, 0.15) is 11.3 Å². The van der Waals surface area contributed by atoms with Gasteiger partial charge in [-0.15, -0.1) is 11.3 Å². The Kier molecular flexibility index (Phi) is 5.86. The molecule has 0 unspecified atom stereocenters. The van der Waals surface area contributed by atoms with Gasteiger partial charge in [0.25, 0.3) is 5.91 Å². The number of benzene rings is 1. The van der Waals surface area contributed by atoms with E-state index in [-0.39, 0.29) is 17.6 Å². The van der Waals surface area contributed by atoms with Gasteiger partial charge < -0.3 is 19.5 Å². The van der Waals surface area contributed by atoms with Crippen LogP contribution in [0, 0.1) is 0 Å². The van der Waals surface area contributed by atoms with Gasteiger partial charge in [-0.1, -0.05) is 18.2 Å². The minimum absolute atomic E-state index is 0.137. The molecule has 1 N–H and O–H groups in total. The number of nitrogens with one attached hydrogen (secondary N) is 1. The number of hydrogen-bond acceptors (Lipinski definition) is 7. The van der Waals surface area contributed by atoms with Crippen molar-refractivity contribution in [1.82, 2.24) is 14.9 Å². The van der Waals surface area contributed by atoms with E-state index in [1.165, 1.54) is 6.08 Å². The highest BCUT2D eigenvalue weighted by atomic mass is 32.1. The van der Waals surface area contributed by atoms with Crippen LogP contribution in [0.15, 0.2) is 70.7 Å². The number of fused-ring (bicyclic) bond motifs is 1. The van der Waals surface area contributed by atoms with E-state index < -0.39 is 0 Å². The molecule has 0 aliphatic carbocycles. The first-order chi connectivity index (χ1) is 16.2. The second-order valence-electron chi connectivity index (χ2n) is 7.47. The van der Waals surface area contributed by atoms with Crippen molar-refractivity contribution in [3.63, 3.8) is 0 Å². The van der Waals surface area contributed by atoms with Crippen LogP contribution in [0.2, 0.25) is 0 Å². The van der Waals surface area contributed by atoms with Crippen LogP contribution in [0.5, 0.6) is 0 Å². The molecule has 1 aromatic carbocycles. The van der Waals surface area contributed by atoms with Gasteiger partial charge in [0.2, 0.25) is 17.6 Å². The van der Waals surface area contributed by atoms with Crippen molar-refractivity contribution in [2.75, 3.05) is 36.4 Å². The normalized spacial score (nSPS) is 14.2. The molecule has 0 spiro atoms. The molecule has 4 aromatic rings. The van der Waals surface area contributed by atoms with Crippen molar-refractivity contribution in [3.05, 3.63) is 77.0 Å². The third-order valence-electron chi connectivity index (χ3n) is 5.38. The number of amides is 2. The number of anilines is 2. The molecule has 0 radical (unpaired) electrons. The van der Waals surface area contributed by atoms with Gasteiger partial charge in [0.05, 0.1) is 0 Å². The molecule has 2 amide bonds. The number of hydrogen-bond donors (Lipinski definition) is 1. The fourth-order valence-corrected chi connectivity index (χ4v) is 4.35. The monoisotopic (exact) mass is 459 g/mol. The summed E-state index contributed by atoms with van der Waals surface area (Å²) in [7, 11) is 0. The SMILES string of the molecule is O=C(/C=C/c1cccs1)Nc1c(C(=O)N2CCN(c3ncccn3)CC2)oc2ccccc12. The molecule has 0 bridgehead atoms. The second kappa shape index (κ2) is 9.25. The van der Waals surface area contributed by atoms with Gasteiger partial charge in [0, 0.05) is 54.9 Å². The van der Waals surface area contributed by atoms with Gasteiger partial charge in [-0.25, -0.2) is 9.97 Å². The first kappa shape index (κ1) is 20.9. The zero-order valence-electron chi connectivity index (χ0n) is 17.7. The molecule has 33 heavy (non-hydrogen) atoms. The molecule has 1 saturated heterocycles. The van der Waals surface area contributed by atoms with Crippen LogP contribution in [0.25, 0.3) is 17.0 Å². The van der Waals surface area contributed by atoms with Crippen LogP contribution in [0.4, 0.5) is 11.6 Å². The average Bonchev–Trinajstić information content (AvgIpc) is 3.51. The van der Waals surface area contributed by atoms with E-state index in [9.17, 15) is 9.59 Å². The molecule has 0 saturated carbocycles. The molecule has 9 heteroatoms. The van der Waals surface area contributed by atoms with E-state index in [2.05, 4.69) is 15.3 Å². The number of aromatic nitrogens is 2. The zero-order chi connectivity index (χ0) is 22.6. The summed E-state index contributed by atoms with van der Waals surface area (Å²) in [4.78, 5) is 39.3. The Balaban J connectivity index is 1.35. The van der Waals surface area contributed by atoms with Crippen LogP contribution in [0.3, 0.4) is 0 Å². The summed E-state index contributed by atoms with van der Waals surface area (Å²) in [5, 5.41) is 5.49. The average molecular weight is 460 g/mol. The molecule has 1 aliphatic heterocycles. The van der Waals surface area contributed by atoms with E-state index >= 15 is 0 Å². The summed E-state index contributed by atoms with van der Waals surface area (Å²) < 4.78 is 5.91. The lowest BCUT2D eigenvalue weighted by molar-refractivity contribution is -0.111. The van der Waals surface area contributed by atoms with Gasteiger partial charge in [-0.2, -0.15) is 0 Å². The largest absolute Gasteiger partial charge is 0.449 e. The van der Waals surface area contributed by atoms with Gasteiger partial charge >= 0.3 is 0 Å². The van der Waals surface area contributed by atoms with Gasteiger partial charge in [0.15, 0.2) is 0 Å². The minimum Gasteiger partial charge on any atom is -0.449 e. The lowest BCUT2D eigenvalue weighted by atomic mass is 10.2. The number of nitrogens with zero attached hydrogens (tertiary/aromatic N) is 4. The summed E-state index contributed by atoms with van der Waals surface area (Å²) in [5.41, 5.74) is 0.944. The van der Waals surface area contributed by atoms with Crippen molar-refractivity contribution in [3.8, 4) is 0 Å². The van der Waals surface area contributed by atoms with E-state index in [1.807, 2.05) is 40.6 Å². The van der Waals surface area contributed by atoms with Gasteiger partial charge in [-0.05, 0) is 35.7 Å². The molecule has 1 aliphatic rings. The number of thiophene rings is 1. The molecule has 166 valence electrons. The highest BCUT2D eigenvalue weighted by molar-refractivity contribution is 7.10. The summed E-state index contributed by atoms with van der Waals surface area (Å²) >= 11 is 1.54. The maximum absolute atomic E-state index is 13.4. The van der Waals surface area contributed by atoms with E-state index in [0.29, 0.717) is 48.8 Å². The first-order valence-electron chi connectivity index (χ1n) is 10.5. The Hall–Kier alpha value is -3.98. The van der Waals surface area contributed by atoms with E-state index in [4.69, 9.17) is 4.42 Å². The fraction of sp³-hybridized carbons (Fsp3) is 0.167. The highest BCUT2D eigenvalue weighted by Crippen LogP contribution is 2.32. The molecular formula is C24H21N5O3S. The maximum atomic E-state index is 13.4. The molecular weight excluding hydrogens is 438 g/mol. The van der Waals surface area contributed by atoms with Crippen LogP contribution >= 0.6 is 11.3 Å². The topological polar surface area (TPSA) is 91.6 Å². The predicted molar refractivity (Wildman–Crippen MR) is 128 cm³/mol. The summed E-state index contributed by atoms with van der Waals surface area (Å²) in [6, 6.07) is 12.9. The van der Waals surface area contributed by atoms with E-state index in [0.717, 1.165) is 4.88 Å². The standard InChI is InChI=1S/C24H21N5O3S/c30-20(9-8-17-5-3-16-33-17)27-21-18-6-1-2-7-19(18)32-22(21)23(31)28-12-14-29(15-13-28)24-25-10-4-11-26-24/h1-11,16H,12-15H2,(H,27,30)/b9-8+. The quantitative estimate of drug-likeness (QED) is 0.455. The summed E-state index contributed by atoms with van der Waals surface area (Å²) in [6.07, 6.45) is 6.61. The van der Waals surface area contributed by atoms with Crippen LogP contribution in [0.1, 0.15) is 15.4 Å². The number of rotatable bonds is 5.